The number of allylic oxidation sites excluding steroid dienone is 1. The molecule has 4 heteroatoms. The van der Waals surface area contributed by atoms with E-state index in [0.29, 0.717) is 35.7 Å². The number of rotatable bonds is 5. The van der Waals surface area contributed by atoms with Gasteiger partial charge in [-0.3, -0.25) is 4.79 Å². The molecule has 4 aliphatic carbocycles. The average Bonchev–Trinajstić information content (AvgIpc) is 3.31. The molecule has 3 saturated carbocycles. The predicted octanol–water partition coefficient (Wildman–Crippen LogP) is 7.85. The summed E-state index contributed by atoms with van der Waals surface area (Å²) in [5.41, 5.74) is 2.25. The molecule has 0 aromatic carbocycles. The van der Waals surface area contributed by atoms with E-state index in [1.807, 2.05) is 0 Å². The van der Waals surface area contributed by atoms with E-state index >= 15 is 0 Å². The lowest BCUT2D eigenvalue weighted by Crippen LogP contribution is -2.52. The number of ether oxygens (including phenoxy) is 3. The predicted molar refractivity (Wildman–Crippen MR) is 146 cm³/mol. The van der Waals surface area contributed by atoms with Crippen molar-refractivity contribution in [2.24, 2.45) is 46.3 Å². The Hall–Kier alpha value is -0.870. The fraction of sp³-hybridized carbons (Fsp3) is 0.909. The minimum absolute atomic E-state index is 0.0190. The third-order valence-corrected chi connectivity index (χ3v) is 12.6. The molecule has 37 heavy (non-hydrogen) atoms. The minimum atomic E-state index is -0.315. The second-order valence-corrected chi connectivity index (χ2v) is 14.6. The maximum atomic E-state index is 12.4. The Bertz CT molecular complexity index is 902. The molecule has 11 atom stereocenters. The van der Waals surface area contributed by atoms with Gasteiger partial charge in [-0.25, -0.2) is 0 Å². The first-order valence-electron chi connectivity index (χ1n) is 15.9. The van der Waals surface area contributed by atoms with Crippen molar-refractivity contribution in [3.8, 4) is 0 Å². The number of hydrogen-bond acceptors (Lipinski definition) is 4. The van der Waals surface area contributed by atoms with Crippen LogP contribution in [0.15, 0.2) is 11.6 Å². The van der Waals surface area contributed by atoms with Crippen LogP contribution in [-0.4, -0.2) is 30.6 Å². The highest BCUT2D eigenvalue weighted by atomic mass is 16.7. The van der Waals surface area contributed by atoms with Crippen molar-refractivity contribution < 1.29 is 19.0 Å². The zero-order chi connectivity index (χ0) is 26.0. The molecule has 2 heterocycles. The summed E-state index contributed by atoms with van der Waals surface area (Å²) in [5, 5.41) is 0. The van der Waals surface area contributed by atoms with Gasteiger partial charge in [-0.05, 0) is 91.8 Å². The van der Waals surface area contributed by atoms with Crippen LogP contribution in [0.4, 0.5) is 0 Å². The molecule has 208 valence electrons. The van der Waals surface area contributed by atoms with Crippen LogP contribution < -0.4 is 0 Å². The van der Waals surface area contributed by atoms with Crippen LogP contribution in [0.3, 0.4) is 0 Å². The van der Waals surface area contributed by atoms with Gasteiger partial charge in [0.05, 0.1) is 12.7 Å². The van der Waals surface area contributed by atoms with Crippen LogP contribution in [0.1, 0.15) is 118 Å². The van der Waals surface area contributed by atoms with E-state index in [1.54, 1.807) is 5.57 Å². The van der Waals surface area contributed by atoms with Crippen molar-refractivity contribution in [3.05, 3.63) is 11.6 Å². The molecule has 0 bridgehead atoms. The summed E-state index contributed by atoms with van der Waals surface area (Å²) >= 11 is 0. The topological polar surface area (TPSA) is 44.8 Å². The van der Waals surface area contributed by atoms with Gasteiger partial charge < -0.3 is 14.2 Å². The Labute approximate surface area is 225 Å². The second-order valence-electron chi connectivity index (χ2n) is 14.6. The van der Waals surface area contributed by atoms with Crippen LogP contribution in [0, 0.1) is 46.3 Å². The number of carbonyl (C=O) groups is 1. The Morgan fingerprint density at radius 3 is 2.68 bits per heavy atom. The maximum absolute atomic E-state index is 12.4. The van der Waals surface area contributed by atoms with Crippen molar-refractivity contribution in [3.63, 3.8) is 0 Å². The van der Waals surface area contributed by atoms with Gasteiger partial charge >= 0.3 is 5.97 Å². The first-order valence-corrected chi connectivity index (χ1v) is 15.9. The normalized spacial score (nSPS) is 50.6. The molecular weight excluding hydrogens is 460 g/mol. The Morgan fingerprint density at radius 1 is 1.08 bits per heavy atom. The highest BCUT2D eigenvalue weighted by Gasteiger charge is 2.68. The molecule has 5 fully saturated rings. The average molecular weight is 513 g/mol. The molecular formula is C33H52O4. The van der Waals surface area contributed by atoms with Gasteiger partial charge in [-0.1, -0.05) is 59.1 Å². The standard InChI is InChI=1S/C33H52O4/c1-6-7-8-9-29(34)36-24-13-15-31(4)23(18-24)10-11-25-26(31)14-16-32(5)27(25)19-28-30(32)22(3)33(37-28)17-12-21(2)20-35-33/h10,21-22,24-28,30H,6-9,11-20H2,1-5H3/t21-,22-,24-,25+,26+,27+,28+,30-,31-,32-,33+/m0/s1. The van der Waals surface area contributed by atoms with E-state index in [2.05, 4.69) is 40.7 Å². The lowest BCUT2D eigenvalue weighted by atomic mass is 9.47. The molecule has 0 aromatic heterocycles. The summed E-state index contributed by atoms with van der Waals surface area (Å²) in [6.45, 7) is 13.0. The van der Waals surface area contributed by atoms with Gasteiger partial charge in [0.25, 0.3) is 0 Å². The van der Waals surface area contributed by atoms with Crippen LogP contribution in [0.5, 0.6) is 0 Å². The zero-order valence-corrected chi connectivity index (χ0v) is 24.2. The summed E-state index contributed by atoms with van der Waals surface area (Å²) in [7, 11) is 0. The van der Waals surface area contributed by atoms with E-state index < -0.39 is 0 Å². The largest absolute Gasteiger partial charge is 0.462 e. The number of carbonyl (C=O) groups excluding carboxylic acids is 1. The summed E-state index contributed by atoms with van der Waals surface area (Å²) in [6.07, 6.45) is 17.4. The monoisotopic (exact) mass is 512 g/mol. The fourth-order valence-electron chi connectivity index (χ4n) is 10.5. The minimum Gasteiger partial charge on any atom is -0.462 e. The van der Waals surface area contributed by atoms with Gasteiger partial charge in [0.1, 0.15) is 6.10 Å². The van der Waals surface area contributed by atoms with Crippen LogP contribution >= 0.6 is 0 Å². The van der Waals surface area contributed by atoms with Crippen LogP contribution in [-0.2, 0) is 19.0 Å². The first-order chi connectivity index (χ1) is 17.7. The van der Waals surface area contributed by atoms with Gasteiger partial charge in [0, 0.05) is 25.2 Å². The number of fused-ring (bicyclic) bond motifs is 7. The summed E-state index contributed by atoms with van der Waals surface area (Å²) in [6, 6.07) is 0. The lowest BCUT2D eigenvalue weighted by Gasteiger charge is -2.58. The van der Waals surface area contributed by atoms with E-state index in [4.69, 9.17) is 14.2 Å². The third kappa shape index (κ3) is 4.17. The van der Waals surface area contributed by atoms with Gasteiger partial charge in [-0.2, -0.15) is 0 Å². The van der Waals surface area contributed by atoms with Crippen molar-refractivity contribution in [2.75, 3.05) is 6.61 Å². The molecule has 0 unspecified atom stereocenters. The van der Waals surface area contributed by atoms with Gasteiger partial charge in [-0.15, -0.1) is 0 Å². The smallest absolute Gasteiger partial charge is 0.306 e. The number of hydrogen-bond donors (Lipinski definition) is 0. The van der Waals surface area contributed by atoms with Crippen LogP contribution in [0.25, 0.3) is 0 Å². The summed E-state index contributed by atoms with van der Waals surface area (Å²) < 4.78 is 19.4. The molecule has 6 rings (SSSR count). The Balaban J connectivity index is 1.15. The van der Waals surface area contributed by atoms with E-state index in [9.17, 15) is 4.79 Å². The quantitative estimate of drug-likeness (QED) is 0.214. The van der Waals surface area contributed by atoms with Crippen molar-refractivity contribution >= 4 is 5.97 Å². The molecule has 1 spiro atoms. The molecule has 0 N–H and O–H groups in total. The molecule has 6 aliphatic rings. The highest BCUT2D eigenvalue weighted by molar-refractivity contribution is 5.69. The SMILES string of the molecule is CCCCCC(=O)O[C@H]1CC[C@@]2(C)C(=CC[C@H]3[C@H]4C[C@H]5O[C@]6(CC[C@H](C)CO6)[C@@H](C)[C@@H]5[C@@]4(C)CC[C@H]32)C1. The zero-order valence-electron chi connectivity index (χ0n) is 24.2. The van der Waals surface area contributed by atoms with E-state index in [1.165, 1.54) is 38.5 Å². The first kappa shape index (κ1) is 26.4. The fourth-order valence-corrected chi connectivity index (χ4v) is 10.5. The van der Waals surface area contributed by atoms with Crippen molar-refractivity contribution in [2.45, 2.75) is 136 Å². The summed E-state index contributed by atoms with van der Waals surface area (Å²) in [5.74, 6) is 3.77. The van der Waals surface area contributed by atoms with Crippen molar-refractivity contribution in [1.82, 2.24) is 0 Å². The third-order valence-electron chi connectivity index (χ3n) is 12.6. The molecule has 0 radical (unpaired) electrons. The lowest BCUT2D eigenvalue weighted by molar-refractivity contribution is -0.272. The number of esters is 1. The van der Waals surface area contributed by atoms with Crippen molar-refractivity contribution in [1.29, 1.82) is 0 Å². The van der Waals surface area contributed by atoms with Gasteiger partial charge in [0.15, 0.2) is 5.79 Å². The molecule has 4 nitrogen and oxygen atoms in total. The molecule has 2 saturated heterocycles. The molecule has 0 amide bonds. The second kappa shape index (κ2) is 9.65. The summed E-state index contributed by atoms with van der Waals surface area (Å²) in [4.78, 5) is 12.4. The maximum Gasteiger partial charge on any atom is 0.306 e. The van der Waals surface area contributed by atoms with E-state index in [0.717, 1.165) is 62.9 Å². The van der Waals surface area contributed by atoms with Crippen LogP contribution in [0.2, 0.25) is 0 Å². The molecule has 2 aliphatic heterocycles. The van der Waals surface area contributed by atoms with Gasteiger partial charge in [0.2, 0.25) is 0 Å². The Morgan fingerprint density at radius 2 is 1.92 bits per heavy atom. The highest BCUT2D eigenvalue weighted by Crippen LogP contribution is 2.70. The Kier molecular flexibility index (Phi) is 6.87. The molecule has 0 aromatic rings. The number of unbranched alkanes of at least 4 members (excludes halogenated alkanes) is 2. The van der Waals surface area contributed by atoms with E-state index in [-0.39, 0.29) is 23.3 Å².